The number of benzene rings is 1. The van der Waals surface area contributed by atoms with Gasteiger partial charge in [0.15, 0.2) is 0 Å². The quantitative estimate of drug-likeness (QED) is 0.363. The molecule has 6 nitrogen and oxygen atoms in total. The number of carbonyl (C=O) groups excluding carboxylic acids is 1. The van der Waals surface area contributed by atoms with Crippen LogP contribution in [0.3, 0.4) is 0 Å². The Labute approximate surface area is 234 Å². The molecule has 2 heterocycles. The minimum Gasteiger partial charge on any atom is -0.379 e. The molecule has 0 bridgehead atoms. The van der Waals surface area contributed by atoms with E-state index in [0.717, 1.165) is 101 Å². The molecule has 1 aromatic carbocycles. The van der Waals surface area contributed by atoms with Gasteiger partial charge in [0.25, 0.3) is 0 Å². The molecule has 1 aliphatic carbocycles. The summed E-state index contributed by atoms with van der Waals surface area (Å²) in [7, 11) is 2.10. The number of halogens is 2. The maximum atomic E-state index is 12.3. The number of piperidine rings is 1. The standard InChI is InChI=1S/C29H46Cl2N4O2/c1-22(2)23-4-6-25(7-5-23)34-10-8-26(9-11-34)35(21-36)20-24-18-27(30)28(31)19-29(24)32(3)12-13-33-14-16-37-17-15-33/h18-19,21-23,25-26H,4-17,20H2,1-3H3. The van der Waals surface area contributed by atoms with Gasteiger partial charge in [-0.1, -0.05) is 37.0 Å². The second-order valence-corrected chi connectivity index (χ2v) is 12.4. The van der Waals surface area contributed by atoms with Crippen LogP contribution in [0, 0.1) is 11.8 Å². The molecule has 0 atom stereocenters. The number of ether oxygens (including phenoxy) is 1. The number of likely N-dealkylation sites (tertiary alicyclic amines) is 1. The second kappa shape index (κ2) is 13.8. The van der Waals surface area contributed by atoms with Crippen molar-refractivity contribution in [1.82, 2.24) is 14.7 Å². The number of morpholine rings is 1. The van der Waals surface area contributed by atoms with Crippen molar-refractivity contribution in [1.29, 1.82) is 0 Å². The van der Waals surface area contributed by atoms with E-state index in [1.54, 1.807) is 0 Å². The molecular weight excluding hydrogens is 507 g/mol. The van der Waals surface area contributed by atoms with Gasteiger partial charge in [0.2, 0.25) is 6.41 Å². The van der Waals surface area contributed by atoms with Crippen LogP contribution >= 0.6 is 23.2 Å². The normalized spacial score (nSPS) is 24.4. The lowest BCUT2D eigenvalue weighted by Gasteiger charge is -2.43. The van der Waals surface area contributed by atoms with E-state index in [1.165, 1.54) is 25.7 Å². The van der Waals surface area contributed by atoms with Gasteiger partial charge in [-0.25, -0.2) is 0 Å². The molecule has 37 heavy (non-hydrogen) atoms. The lowest BCUT2D eigenvalue weighted by molar-refractivity contribution is -0.122. The molecule has 4 rings (SSSR count). The van der Waals surface area contributed by atoms with Crippen LogP contribution in [0.25, 0.3) is 0 Å². The van der Waals surface area contributed by atoms with Gasteiger partial charge in [0, 0.05) is 70.6 Å². The van der Waals surface area contributed by atoms with Gasteiger partial charge in [-0.15, -0.1) is 0 Å². The SMILES string of the molecule is CC(C)C1CCC(N2CCC(N(C=O)Cc3cc(Cl)c(Cl)cc3N(C)CCN3CCOCC3)CC2)CC1. The fraction of sp³-hybridized carbons (Fsp3) is 0.759. The highest BCUT2D eigenvalue weighted by atomic mass is 35.5. The van der Waals surface area contributed by atoms with Crippen molar-refractivity contribution in [2.75, 3.05) is 64.4 Å². The largest absolute Gasteiger partial charge is 0.379 e. The Bertz CT molecular complexity index is 864. The van der Waals surface area contributed by atoms with Crippen molar-refractivity contribution in [3.63, 3.8) is 0 Å². The molecule has 0 spiro atoms. The molecule has 2 saturated heterocycles. The predicted molar refractivity (Wildman–Crippen MR) is 154 cm³/mol. The molecular formula is C29H46Cl2N4O2. The van der Waals surface area contributed by atoms with Crippen LogP contribution in [0.5, 0.6) is 0 Å². The first-order valence-corrected chi connectivity index (χ1v) is 15.1. The third-order valence-corrected chi connectivity index (χ3v) is 9.77. The van der Waals surface area contributed by atoms with Crippen molar-refractivity contribution >= 4 is 35.3 Å². The van der Waals surface area contributed by atoms with Crippen LogP contribution in [0.1, 0.15) is 57.9 Å². The summed E-state index contributed by atoms with van der Waals surface area (Å²) in [5, 5.41) is 1.09. The number of amides is 1. The van der Waals surface area contributed by atoms with Crippen molar-refractivity contribution in [3.05, 3.63) is 27.7 Å². The van der Waals surface area contributed by atoms with Gasteiger partial charge >= 0.3 is 0 Å². The van der Waals surface area contributed by atoms with Crippen molar-refractivity contribution < 1.29 is 9.53 Å². The number of nitrogens with zero attached hydrogens (tertiary/aromatic N) is 4. The average Bonchev–Trinajstić information content (AvgIpc) is 2.92. The number of carbonyl (C=O) groups is 1. The van der Waals surface area contributed by atoms with E-state index >= 15 is 0 Å². The molecule has 1 aromatic rings. The molecule has 0 unspecified atom stereocenters. The molecule has 0 N–H and O–H groups in total. The molecule has 2 aliphatic heterocycles. The highest BCUT2D eigenvalue weighted by Crippen LogP contribution is 2.35. The lowest BCUT2D eigenvalue weighted by atomic mass is 9.79. The van der Waals surface area contributed by atoms with Crippen LogP contribution in [0.15, 0.2) is 12.1 Å². The molecule has 3 fully saturated rings. The molecule has 1 saturated carbocycles. The first kappa shape index (κ1) is 28.9. The molecule has 3 aliphatic rings. The van der Waals surface area contributed by atoms with E-state index in [4.69, 9.17) is 27.9 Å². The molecule has 1 amide bonds. The first-order chi connectivity index (χ1) is 17.9. The minimum atomic E-state index is 0.265. The van der Waals surface area contributed by atoms with Gasteiger partial charge in [-0.2, -0.15) is 0 Å². The Morgan fingerprint density at radius 1 is 1.00 bits per heavy atom. The Kier molecular flexibility index (Phi) is 10.8. The summed E-state index contributed by atoms with van der Waals surface area (Å²) in [5.41, 5.74) is 2.11. The smallest absolute Gasteiger partial charge is 0.210 e. The zero-order valence-electron chi connectivity index (χ0n) is 23.0. The van der Waals surface area contributed by atoms with Crippen molar-refractivity contribution in [2.45, 2.75) is 71.0 Å². The van der Waals surface area contributed by atoms with Crippen LogP contribution in [0.2, 0.25) is 10.0 Å². The fourth-order valence-electron chi connectivity index (χ4n) is 6.46. The van der Waals surface area contributed by atoms with Crippen molar-refractivity contribution in [2.24, 2.45) is 11.8 Å². The molecule has 8 heteroatoms. The van der Waals surface area contributed by atoms with Gasteiger partial charge in [0.05, 0.1) is 23.3 Å². The predicted octanol–water partition coefficient (Wildman–Crippen LogP) is 5.40. The summed E-state index contributed by atoms with van der Waals surface area (Å²) in [6.45, 7) is 12.8. The van der Waals surface area contributed by atoms with E-state index in [1.807, 2.05) is 17.0 Å². The highest BCUT2D eigenvalue weighted by molar-refractivity contribution is 6.42. The average molecular weight is 554 g/mol. The topological polar surface area (TPSA) is 39.3 Å². The van der Waals surface area contributed by atoms with E-state index in [0.29, 0.717) is 16.6 Å². The van der Waals surface area contributed by atoms with E-state index in [2.05, 4.69) is 35.6 Å². The van der Waals surface area contributed by atoms with Gasteiger partial charge in [0.1, 0.15) is 0 Å². The lowest BCUT2D eigenvalue weighted by Crippen LogP contribution is -2.48. The van der Waals surface area contributed by atoms with E-state index in [9.17, 15) is 4.79 Å². The number of hydrogen-bond acceptors (Lipinski definition) is 5. The number of anilines is 1. The number of likely N-dealkylation sites (N-methyl/N-ethyl adjacent to an activating group) is 1. The molecule has 0 aromatic heterocycles. The summed E-state index contributed by atoms with van der Waals surface area (Å²) in [6, 6.07) is 4.89. The summed E-state index contributed by atoms with van der Waals surface area (Å²) in [6.07, 6.45) is 8.49. The highest BCUT2D eigenvalue weighted by Gasteiger charge is 2.31. The first-order valence-electron chi connectivity index (χ1n) is 14.3. The second-order valence-electron chi connectivity index (χ2n) is 11.6. The molecule has 0 radical (unpaired) electrons. The monoisotopic (exact) mass is 552 g/mol. The third kappa shape index (κ3) is 7.76. The minimum absolute atomic E-state index is 0.265. The van der Waals surface area contributed by atoms with Crippen LogP contribution in [-0.2, 0) is 16.1 Å². The maximum Gasteiger partial charge on any atom is 0.210 e. The van der Waals surface area contributed by atoms with Crippen LogP contribution in [0.4, 0.5) is 5.69 Å². The summed E-state index contributed by atoms with van der Waals surface area (Å²) >= 11 is 12.9. The van der Waals surface area contributed by atoms with Crippen LogP contribution in [-0.4, -0.2) is 92.7 Å². The Balaban J connectivity index is 1.35. The maximum absolute atomic E-state index is 12.3. The van der Waals surface area contributed by atoms with Crippen LogP contribution < -0.4 is 4.90 Å². The number of rotatable bonds is 10. The summed E-state index contributed by atoms with van der Waals surface area (Å²) in [5.74, 6) is 1.70. The summed E-state index contributed by atoms with van der Waals surface area (Å²) in [4.78, 5) is 21.6. The zero-order chi connectivity index (χ0) is 26.4. The Morgan fingerprint density at radius 2 is 1.65 bits per heavy atom. The van der Waals surface area contributed by atoms with E-state index < -0.39 is 0 Å². The Morgan fingerprint density at radius 3 is 2.27 bits per heavy atom. The third-order valence-electron chi connectivity index (χ3n) is 9.05. The van der Waals surface area contributed by atoms with Crippen molar-refractivity contribution in [3.8, 4) is 0 Å². The summed E-state index contributed by atoms with van der Waals surface area (Å²) < 4.78 is 5.48. The Hall–Kier alpha value is -1.05. The fourth-order valence-corrected chi connectivity index (χ4v) is 6.81. The number of hydrogen-bond donors (Lipinski definition) is 0. The van der Waals surface area contributed by atoms with Gasteiger partial charge in [-0.05, 0) is 68.1 Å². The molecule has 208 valence electrons. The van der Waals surface area contributed by atoms with Gasteiger partial charge in [-0.3, -0.25) is 9.69 Å². The van der Waals surface area contributed by atoms with E-state index in [-0.39, 0.29) is 6.04 Å². The zero-order valence-corrected chi connectivity index (χ0v) is 24.5. The van der Waals surface area contributed by atoms with Gasteiger partial charge < -0.3 is 19.4 Å².